The zero-order valence-corrected chi connectivity index (χ0v) is 17.8. The van der Waals surface area contributed by atoms with Crippen LogP contribution in [0.15, 0.2) is 23.7 Å². The lowest BCUT2D eigenvalue weighted by Crippen LogP contribution is -2.46. The van der Waals surface area contributed by atoms with Crippen molar-refractivity contribution < 1.29 is 13.3 Å². The molecule has 7 nitrogen and oxygen atoms in total. The number of aromatic nitrogens is 3. The molecule has 0 saturated carbocycles. The number of nitrogens with zero attached hydrogens (tertiary/aromatic N) is 3. The van der Waals surface area contributed by atoms with Gasteiger partial charge in [-0.1, -0.05) is 27.7 Å². The van der Waals surface area contributed by atoms with E-state index in [1.807, 2.05) is 42.4 Å². The summed E-state index contributed by atoms with van der Waals surface area (Å²) in [6.07, 6.45) is 4.65. The molecule has 1 N–H and O–H groups in total. The van der Waals surface area contributed by atoms with E-state index in [1.54, 1.807) is 12.3 Å². The fourth-order valence-corrected chi connectivity index (χ4v) is 6.24. The molecule has 2 heterocycles. The molecule has 0 fully saturated rings. The highest BCUT2D eigenvalue weighted by molar-refractivity contribution is 8.78. The van der Waals surface area contributed by atoms with E-state index in [2.05, 4.69) is 32.2 Å². The summed E-state index contributed by atoms with van der Waals surface area (Å²) in [5.41, 5.74) is 0. The van der Waals surface area contributed by atoms with Crippen LogP contribution in [0.25, 0.3) is 0 Å². The summed E-state index contributed by atoms with van der Waals surface area (Å²) in [7, 11) is 1.17. The van der Waals surface area contributed by atoms with Crippen LogP contribution in [0.2, 0.25) is 6.04 Å². The minimum atomic E-state index is -2.52. The van der Waals surface area contributed by atoms with Crippen LogP contribution in [0.1, 0.15) is 27.2 Å². The molecule has 0 bridgehead atoms. The Morgan fingerprint density at radius 3 is 2.32 bits per heavy atom. The summed E-state index contributed by atoms with van der Waals surface area (Å²) < 4.78 is 17.4. The van der Waals surface area contributed by atoms with Crippen LogP contribution in [0.3, 0.4) is 0 Å². The molecule has 0 aromatic carbocycles. The summed E-state index contributed by atoms with van der Waals surface area (Å²) in [4.78, 5) is 0. The van der Waals surface area contributed by atoms with Crippen molar-refractivity contribution >= 4 is 36.2 Å². The fourth-order valence-electron chi connectivity index (χ4n) is 2.05. The van der Waals surface area contributed by atoms with Gasteiger partial charge in [-0.2, -0.15) is 0 Å². The van der Waals surface area contributed by atoms with Crippen LogP contribution in [0, 0.1) is 0 Å². The first kappa shape index (κ1) is 22.4. The number of hydrogen-bond acceptors (Lipinski definition) is 9. The average molecular weight is 405 g/mol. The second-order valence-electron chi connectivity index (χ2n) is 4.77. The third-order valence-corrected chi connectivity index (χ3v) is 8.02. The average Bonchev–Trinajstić information content (AvgIpc) is 3.20. The highest BCUT2D eigenvalue weighted by atomic mass is 33.1. The van der Waals surface area contributed by atoms with Gasteiger partial charge in [-0.05, 0) is 37.8 Å². The smallest absolute Gasteiger partial charge is 0.374 e. The van der Waals surface area contributed by atoms with Gasteiger partial charge < -0.3 is 18.6 Å². The molecule has 0 aliphatic carbocycles. The molecule has 0 unspecified atom stereocenters. The van der Waals surface area contributed by atoms with E-state index < -0.39 is 8.80 Å². The number of rotatable bonds is 11. The molecule has 1 aromatic heterocycles. The van der Waals surface area contributed by atoms with E-state index in [1.165, 1.54) is 5.75 Å². The highest BCUT2D eigenvalue weighted by Gasteiger charge is 2.39. The fraction of sp³-hybridized carbons (Fsp3) is 0.667. The molecular weight excluding hydrogens is 376 g/mol. The van der Waals surface area contributed by atoms with Gasteiger partial charge in [-0.3, -0.25) is 0 Å². The van der Waals surface area contributed by atoms with E-state index in [0.717, 1.165) is 24.8 Å². The maximum atomic E-state index is 5.79. The van der Waals surface area contributed by atoms with Gasteiger partial charge in [0.2, 0.25) is 0 Å². The molecule has 142 valence electrons. The molecule has 25 heavy (non-hydrogen) atoms. The standard InChI is InChI=1S/C12H24N4O3Si.C3H4S2/c1-4-17-20(18-5-2,19-6-3)11-7-9-13-12-8-10-14-16-15-12;1-2-4-5-3-1/h8,10H,4-7,9,11H2,1-3H3,(H,13,14,15);1-2H,3H2. The van der Waals surface area contributed by atoms with E-state index in [9.17, 15) is 0 Å². The quantitative estimate of drug-likeness (QED) is 0.338. The second kappa shape index (κ2) is 14.5. The van der Waals surface area contributed by atoms with Crippen molar-refractivity contribution in [2.45, 2.75) is 33.2 Å². The van der Waals surface area contributed by atoms with Crippen LogP contribution < -0.4 is 5.32 Å². The maximum absolute atomic E-state index is 5.79. The summed E-state index contributed by atoms with van der Waals surface area (Å²) >= 11 is 0. The van der Waals surface area contributed by atoms with Crippen LogP contribution >= 0.6 is 21.6 Å². The predicted octanol–water partition coefficient (Wildman–Crippen LogP) is 3.62. The minimum absolute atomic E-state index is 0.607. The molecule has 0 atom stereocenters. The summed E-state index contributed by atoms with van der Waals surface area (Å²) in [6, 6.07) is 2.57. The van der Waals surface area contributed by atoms with Crippen molar-refractivity contribution in [1.29, 1.82) is 0 Å². The first-order valence-corrected chi connectivity index (χ1v) is 12.8. The predicted molar refractivity (Wildman–Crippen MR) is 108 cm³/mol. The topological polar surface area (TPSA) is 78.4 Å². The minimum Gasteiger partial charge on any atom is -0.374 e. The van der Waals surface area contributed by atoms with E-state index >= 15 is 0 Å². The Balaban J connectivity index is 0.000000531. The third kappa shape index (κ3) is 10.2. The van der Waals surface area contributed by atoms with Crippen molar-refractivity contribution in [3.8, 4) is 0 Å². The monoisotopic (exact) mass is 404 g/mol. The molecule has 1 aliphatic heterocycles. The molecule has 0 spiro atoms. The van der Waals surface area contributed by atoms with Crippen LogP contribution in [-0.4, -0.2) is 56.3 Å². The molecule has 1 aliphatic rings. The van der Waals surface area contributed by atoms with Gasteiger partial charge >= 0.3 is 8.80 Å². The van der Waals surface area contributed by atoms with Crippen LogP contribution in [0.4, 0.5) is 5.82 Å². The Morgan fingerprint density at radius 2 is 1.88 bits per heavy atom. The summed E-state index contributed by atoms with van der Waals surface area (Å²) in [5, 5.41) is 16.4. The van der Waals surface area contributed by atoms with Gasteiger partial charge in [-0.15, -0.1) is 10.2 Å². The Morgan fingerprint density at radius 1 is 1.16 bits per heavy atom. The van der Waals surface area contributed by atoms with Gasteiger partial charge in [0.05, 0.1) is 6.20 Å². The molecule has 0 saturated heterocycles. The van der Waals surface area contributed by atoms with E-state index in [0.29, 0.717) is 19.8 Å². The largest absolute Gasteiger partial charge is 0.500 e. The molecule has 2 rings (SSSR count). The first-order chi connectivity index (χ1) is 12.3. The van der Waals surface area contributed by atoms with Gasteiger partial charge in [0.15, 0.2) is 5.82 Å². The van der Waals surface area contributed by atoms with Crippen molar-refractivity contribution in [1.82, 2.24) is 15.4 Å². The van der Waals surface area contributed by atoms with Crippen molar-refractivity contribution in [3.05, 3.63) is 23.7 Å². The Labute approximate surface area is 159 Å². The molecule has 0 radical (unpaired) electrons. The van der Waals surface area contributed by atoms with Crippen molar-refractivity contribution in [2.24, 2.45) is 0 Å². The second-order valence-corrected chi connectivity index (χ2v) is 9.82. The van der Waals surface area contributed by atoms with Crippen LogP contribution in [-0.2, 0) is 13.3 Å². The zero-order chi connectivity index (χ0) is 18.2. The van der Waals surface area contributed by atoms with Gasteiger partial charge in [0.1, 0.15) is 0 Å². The number of nitrogens with one attached hydrogen (secondary N) is 1. The van der Waals surface area contributed by atoms with E-state index in [-0.39, 0.29) is 0 Å². The van der Waals surface area contributed by atoms with Crippen LogP contribution in [0.5, 0.6) is 0 Å². The lowest BCUT2D eigenvalue weighted by atomic mass is 10.4. The lowest BCUT2D eigenvalue weighted by molar-refractivity contribution is 0.0710. The summed E-state index contributed by atoms with van der Waals surface area (Å²) in [6.45, 7) is 8.47. The molecule has 1 aromatic rings. The highest BCUT2D eigenvalue weighted by Crippen LogP contribution is 2.27. The normalized spacial score (nSPS) is 13.4. The van der Waals surface area contributed by atoms with E-state index in [4.69, 9.17) is 13.3 Å². The SMILES string of the molecule is C1=CSSC1.CCO[Si](CCCNc1ccnnn1)(OCC)OCC. The third-order valence-electron chi connectivity index (χ3n) is 2.95. The Bertz CT molecular complexity index is 448. The molecule has 0 amide bonds. The Kier molecular flexibility index (Phi) is 13.0. The van der Waals surface area contributed by atoms with Gasteiger partial charge in [0, 0.05) is 44.2 Å². The van der Waals surface area contributed by atoms with Gasteiger partial charge in [-0.25, -0.2) is 0 Å². The van der Waals surface area contributed by atoms with Crippen molar-refractivity contribution in [2.75, 3.05) is 37.4 Å². The lowest BCUT2D eigenvalue weighted by Gasteiger charge is -2.28. The number of anilines is 1. The number of hydrogen-bond donors (Lipinski definition) is 1. The molecular formula is C15H28N4O3S2Si. The van der Waals surface area contributed by atoms with Crippen molar-refractivity contribution in [3.63, 3.8) is 0 Å². The maximum Gasteiger partial charge on any atom is 0.500 e. The molecule has 10 heteroatoms. The summed E-state index contributed by atoms with van der Waals surface area (Å²) in [5.74, 6) is 1.92. The van der Waals surface area contributed by atoms with Gasteiger partial charge in [0.25, 0.3) is 0 Å². The first-order valence-electron chi connectivity index (χ1n) is 8.49. The zero-order valence-electron chi connectivity index (χ0n) is 15.1. The Hall–Kier alpha value is -0.653.